The summed E-state index contributed by atoms with van der Waals surface area (Å²) in [4.78, 5) is 14.2. The van der Waals surface area contributed by atoms with E-state index in [2.05, 4.69) is 22.5 Å². The van der Waals surface area contributed by atoms with Gasteiger partial charge < -0.3 is 10.6 Å². The third-order valence-corrected chi connectivity index (χ3v) is 3.92. The molecule has 2 N–H and O–H groups in total. The molecule has 116 valence electrons. The Morgan fingerprint density at radius 1 is 1.33 bits per heavy atom. The van der Waals surface area contributed by atoms with Crippen molar-refractivity contribution in [3.05, 3.63) is 30.1 Å². The molecule has 0 spiro atoms. The van der Waals surface area contributed by atoms with Crippen molar-refractivity contribution >= 4 is 11.6 Å². The molecule has 0 saturated carbocycles. The summed E-state index contributed by atoms with van der Waals surface area (Å²) in [7, 11) is 0. The lowest BCUT2D eigenvalue weighted by atomic mass is 9.97. The molecule has 5 heteroatoms. The van der Waals surface area contributed by atoms with Crippen molar-refractivity contribution in [2.45, 2.75) is 19.8 Å². The topological polar surface area (TPSA) is 44.4 Å². The first-order chi connectivity index (χ1) is 10.2. The predicted octanol–water partition coefficient (Wildman–Crippen LogP) is 2.09. The first-order valence-electron chi connectivity index (χ1n) is 7.66. The van der Waals surface area contributed by atoms with E-state index in [4.69, 9.17) is 0 Å². The van der Waals surface area contributed by atoms with E-state index in [9.17, 15) is 9.18 Å². The Bertz CT molecular complexity index is 443. The van der Waals surface area contributed by atoms with Crippen molar-refractivity contribution in [3.63, 3.8) is 0 Å². The third-order valence-electron chi connectivity index (χ3n) is 3.92. The van der Waals surface area contributed by atoms with Crippen LogP contribution in [0, 0.1) is 11.7 Å². The van der Waals surface area contributed by atoms with Gasteiger partial charge in [0.15, 0.2) is 0 Å². The summed E-state index contributed by atoms with van der Waals surface area (Å²) in [5, 5.41) is 6.17. The summed E-state index contributed by atoms with van der Waals surface area (Å²) < 4.78 is 12.8. The lowest BCUT2D eigenvalue weighted by Crippen LogP contribution is -2.39. The zero-order valence-electron chi connectivity index (χ0n) is 12.6. The van der Waals surface area contributed by atoms with Crippen LogP contribution in [0.1, 0.15) is 19.8 Å². The maximum atomic E-state index is 12.8. The van der Waals surface area contributed by atoms with Crippen LogP contribution in [0.4, 0.5) is 10.1 Å². The molecule has 1 heterocycles. The molecular formula is C16H24FN3O. The van der Waals surface area contributed by atoms with Crippen molar-refractivity contribution in [2.75, 3.05) is 38.0 Å². The second-order valence-electron chi connectivity index (χ2n) is 5.58. The average Bonchev–Trinajstić information content (AvgIpc) is 2.50. The normalized spacial score (nSPS) is 16.1. The van der Waals surface area contributed by atoms with Gasteiger partial charge in [-0.15, -0.1) is 0 Å². The molecule has 0 aromatic heterocycles. The van der Waals surface area contributed by atoms with E-state index in [-0.39, 0.29) is 11.7 Å². The molecule has 4 nitrogen and oxygen atoms in total. The number of rotatable bonds is 6. The van der Waals surface area contributed by atoms with Gasteiger partial charge in [0.2, 0.25) is 5.91 Å². The molecule has 1 aromatic carbocycles. The first-order valence-corrected chi connectivity index (χ1v) is 7.66. The van der Waals surface area contributed by atoms with E-state index in [0.29, 0.717) is 18.2 Å². The van der Waals surface area contributed by atoms with Gasteiger partial charge in [0.1, 0.15) is 5.82 Å². The fourth-order valence-electron chi connectivity index (χ4n) is 2.67. The van der Waals surface area contributed by atoms with Gasteiger partial charge in [0, 0.05) is 12.2 Å². The molecule has 1 saturated heterocycles. The lowest BCUT2D eigenvalue weighted by molar-refractivity contribution is -0.117. The summed E-state index contributed by atoms with van der Waals surface area (Å²) in [6.07, 6.45) is 2.35. The molecule has 1 aliphatic heterocycles. The van der Waals surface area contributed by atoms with Crippen LogP contribution >= 0.6 is 0 Å². The van der Waals surface area contributed by atoms with Crippen LogP contribution in [0.25, 0.3) is 0 Å². The molecular weight excluding hydrogens is 269 g/mol. The largest absolute Gasteiger partial charge is 0.325 e. The van der Waals surface area contributed by atoms with Gasteiger partial charge in [-0.05, 0) is 62.7 Å². The summed E-state index contributed by atoms with van der Waals surface area (Å²) in [5.41, 5.74) is 0.638. The number of nitrogens with zero attached hydrogens (tertiary/aromatic N) is 1. The summed E-state index contributed by atoms with van der Waals surface area (Å²) in [6, 6.07) is 5.86. The Balaban J connectivity index is 1.79. The van der Waals surface area contributed by atoms with E-state index >= 15 is 0 Å². The smallest absolute Gasteiger partial charge is 0.238 e. The minimum Gasteiger partial charge on any atom is -0.325 e. The second kappa shape index (κ2) is 8.10. The zero-order valence-corrected chi connectivity index (χ0v) is 12.6. The molecule has 0 aliphatic carbocycles. The number of piperidine rings is 1. The van der Waals surface area contributed by atoms with Crippen LogP contribution in [0.2, 0.25) is 0 Å². The maximum absolute atomic E-state index is 12.8. The van der Waals surface area contributed by atoms with Crippen LogP contribution in [-0.4, -0.2) is 43.5 Å². The first kappa shape index (κ1) is 15.9. The van der Waals surface area contributed by atoms with Gasteiger partial charge in [-0.2, -0.15) is 0 Å². The van der Waals surface area contributed by atoms with Gasteiger partial charge >= 0.3 is 0 Å². The Morgan fingerprint density at radius 3 is 2.62 bits per heavy atom. The minimum atomic E-state index is -0.297. The van der Waals surface area contributed by atoms with Gasteiger partial charge in [-0.25, -0.2) is 4.39 Å². The standard InChI is InChI=1S/C16H24FN3O/c1-2-20(11-13-7-9-18-10-8-13)12-16(21)19-15-5-3-14(17)4-6-15/h3-6,13,18H,2,7-12H2,1H3,(H,19,21). The number of hydrogen-bond acceptors (Lipinski definition) is 3. The maximum Gasteiger partial charge on any atom is 0.238 e. The molecule has 2 rings (SSSR count). The Morgan fingerprint density at radius 2 is 2.00 bits per heavy atom. The number of amides is 1. The van der Waals surface area contributed by atoms with Crippen LogP contribution in [0.5, 0.6) is 0 Å². The quantitative estimate of drug-likeness (QED) is 0.844. The molecule has 0 radical (unpaired) electrons. The van der Waals surface area contributed by atoms with Crippen molar-refractivity contribution in [1.29, 1.82) is 0 Å². The molecule has 0 bridgehead atoms. The fourth-order valence-corrected chi connectivity index (χ4v) is 2.67. The summed E-state index contributed by atoms with van der Waals surface area (Å²) in [5.74, 6) is 0.330. The zero-order chi connectivity index (χ0) is 15.1. The van der Waals surface area contributed by atoms with Crippen LogP contribution in [0.15, 0.2) is 24.3 Å². The third kappa shape index (κ3) is 5.44. The van der Waals surface area contributed by atoms with E-state index in [1.165, 1.54) is 25.0 Å². The van der Waals surface area contributed by atoms with Crippen molar-refractivity contribution in [2.24, 2.45) is 5.92 Å². The van der Waals surface area contributed by atoms with Crippen molar-refractivity contribution in [1.82, 2.24) is 10.2 Å². The SMILES string of the molecule is CCN(CC(=O)Nc1ccc(F)cc1)CC1CCNCC1. The second-order valence-corrected chi connectivity index (χ2v) is 5.58. The highest BCUT2D eigenvalue weighted by atomic mass is 19.1. The molecule has 21 heavy (non-hydrogen) atoms. The number of anilines is 1. The minimum absolute atomic E-state index is 0.0441. The Hall–Kier alpha value is -1.46. The van der Waals surface area contributed by atoms with E-state index in [0.717, 1.165) is 26.2 Å². The molecule has 0 unspecified atom stereocenters. The highest BCUT2D eigenvalue weighted by Gasteiger charge is 2.17. The molecule has 1 aliphatic rings. The summed E-state index contributed by atoms with van der Waals surface area (Å²) in [6.45, 7) is 6.44. The van der Waals surface area contributed by atoms with Crippen LogP contribution < -0.4 is 10.6 Å². The van der Waals surface area contributed by atoms with Gasteiger partial charge in [0.05, 0.1) is 6.54 Å². The van der Waals surface area contributed by atoms with Gasteiger partial charge in [-0.3, -0.25) is 9.69 Å². The number of hydrogen-bond donors (Lipinski definition) is 2. The number of halogens is 1. The Kier molecular flexibility index (Phi) is 6.14. The Labute approximate surface area is 125 Å². The fraction of sp³-hybridized carbons (Fsp3) is 0.562. The highest BCUT2D eigenvalue weighted by Crippen LogP contribution is 2.13. The number of carbonyl (C=O) groups excluding carboxylic acids is 1. The number of benzene rings is 1. The van der Waals surface area contributed by atoms with E-state index in [1.807, 2.05) is 0 Å². The van der Waals surface area contributed by atoms with E-state index < -0.39 is 0 Å². The monoisotopic (exact) mass is 293 g/mol. The van der Waals surface area contributed by atoms with Crippen LogP contribution in [0.3, 0.4) is 0 Å². The van der Waals surface area contributed by atoms with Gasteiger partial charge in [0.25, 0.3) is 0 Å². The van der Waals surface area contributed by atoms with Crippen molar-refractivity contribution in [3.8, 4) is 0 Å². The number of likely N-dealkylation sites (N-methyl/N-ethyl adjacent to an activating group) is 1. The highest BCUT2D eigenvalue weighted by molar-refractivity contribution is 5.92. The van der Waals surface area contributed by atoms with Gasteiger partial charge in [-0.1, -0.05) is 6.92 Å². The van der Waals surface area contributed by atoms with Crippen LogP contribution in [-0.2, 0) is 4.79 Å². The molecule has 1 fully saturated rings. The molecule has 1 amide bonds. The number of nitrogens with one attached hydrogen (secondary N) is 2. The van der Waals surface area contributed by atoms with Crippen molar-refractivity contribution < 1.29 is 9.18 Å². The summed E-state index contributed by atoms with van der Waals surface area (Å²) >= 11 is 0. The number of carbonyl (C=O) groups is 1. The average molecular weight is 293 g/mol. The lowest BCUT2D eigenvalue weighted by Gasteiger charge is -2.28. The molecule has 0 atom stereocenters. The molecule has 1 aromatic rings. The van der Waals surface area contributed by atoms with E-state index in [1.54, 1.807) is 12.1 Å². The predicted molar refractivity (Wildman–Crippen MR) is 82.7 cm³/mol.